The maximum absolute atomic E-state index is 13.9. The Balaban J connectivity index is 1.48. The van der Waals surface area contributed by atoms with Crippen molar-refractivity contribution in [1.82, 2.24) is 4.90 Å². The molecular weight excluding hydrogens is 463 g/mol. The molecule has 0 aromatic heterocycles. The highest BCUT2D eigenvalue weighted by molar-refractivity contribution is 8.18. The first-order valence-corrected chi connectivity index (χ1v) is 10.7. The number of amides is 2. The molecule has 4 rings (SSSR count). The summed E-state index contributed by atoms with van der Waals surface area (Å²) in [6.45, 7) is -0.179. The van der Waals surface area contributed by atoms with Crippen LogP contribution in [0.4, 0.5) is 14.9 Å². The zero-order valence-corrected chi connectivity index (χ0v) is 18.2. The van der Waals surface area contributed by atoms with Crippen LogP contribution in [0.15, 0.2) is 77.7 Å². The molecule has 1 aliphatic rings. The molecule has 34 heavy (non-hydrogen) atoms. The van der Waals surface area contributed by atoms with Gasteiger partial charge in [-0.15, -0.1) is 0 Å². The van der Waals surface area contributed by atoms with E-state index >= 15 is 0 Å². The number of halogens is 1. The van der Waals surface area contributed by atoms with Crippen LogP contribution in [0.25, 0.3) is 6.08 Å². The Labute approximate surface area is 196 Å². The van der Waals surface area contributed by atoms with E-state index < -0.39 is 27.9 Å². The van der Waals surface area contributed by atoms with Gasteiger partial charge < -0.3 is 4.74 Å². The molecule has 10 heteroatoms. The number of carbonyl (C=O) groups is 3. The van der Waals surface area contributed by atoms with Gasteiger partial charge in [-0.1, -0.05) is 30.3 Å². The lowest BCUT2D eigenvalue weighted by Crippen LogP contribution is -2.27. The van der Waals surface area contributed by atoms with E-state index in [1.165, 1.54) is 60.7 Å². The fourth-order valence-electron chi connectivity index (χ4n) is 3.14. The quantitative estimate of drug-likeness (QED) is 0.158. The van der Waals surface area contributed by atoms with Gasteiger partial charge >= 0.3 is 5.97 Å². The van der Waals surface area contributed by atoms with E-state index in [9.17, 15) is 28.9 Å². The molecule has 1 saturated heterocycles. The molecule has 3 aromatic rings. The molecule has 1 heterocycles. The highest BCUT2D eigenvalue weighted by atomic mass is 32.2. The van der Waals surface area contributed by atoms with Gasteiger partial charge in [-0.3, -0.25) is 24.6 Å². The number of rotatable bonds is 6. The van der Waals surface area contributed by atoms with Crippen molar-refractivity contribution in [3.8, 4) is 5.75 Å². The molecule has 0 spiro atoms. The van der Waals surface area contributed by atoms with E-state index in [2.05, 4.69) is 0 Å². The summed E-state index contributed by atoms with van der Waals surface area (Å²) < 4.78 is 19.2. The summed E-state index contributed by atoms with van der Waals surface area (Å²) >= 11 is 0.735. The van der Waals surface area contributed by atoms with Gasteiger partial charge in [0, 0.05) is 17.7 Å². The van der Waals surface area contributed by atoms with Crippen LogP contribution in [0.2, 0.25) is 0 Å². The van der Waals surface area contributed by atoms with E-state index in [1.54, 1.807) is 18.2 Å². The monoisotopic (exact) mass is 478 g/mol. The van der Waals surface area contributed by atoms with Crippen molar-refractivity contribution >= 4 is 40.6 Å². The Morgan fingerprint density at radius 2 is 1.79 bits per heavy atom. The minimum atomic E-state index is -0.711. The number of nitrogens with zero attached hydrogens (tertiary/aromatic N) is 2. The fourth-order valence-corrected chi connectivity index (χ4v) is 3.98. The summed E-state index contributed by atoms with van der Waals surface area (Å²) in [6.07, 6.45) is 1.48. The smallest absolute Gasteiger partial charge is 0.343 e. The minimum absolute atomic E-state index is 0.130. The first kappa shape index (κ1) is 22.9. The van der Waals surface area contributed by atoms with Gasteiger partial charge in [-0.05, 0) is 53.7 Å². The van der Waals surface area contributed by atoms with Crippen molar-refractivity contribution in [3.63, 3.8) is 0 Å². The summed E-state index contributed by atoms with van der Waals surface area (Å²) in [4.78, 5) is 48.7. The summed E-state index contributed by atoms with van der Waals surface area (Å²) in [5.41, 5.74) is 0.712. The SMILES string of the molecule is O=C(Oc1cccc(/C=C2\SC(=O)N(Cc3ccccc3F)C2=O)c1)c1ccc([N+](=O)[O-])cc1. The Morgan fingerprint density at radius 3 is 2.50 bits per heavy atom. The molecule has 1 fully saturated rings. The zero-order chi connectivity index (χ0) is 24.2. The summed E-state index contributed by atoms with van der Waals surface area (Å²) in [5.74, 6) is -1.58. The van der Waals surface area contributed by atoms with Crippen molar-refractivity contribution in [2.75, 3.05) is 0 Å². The number of benzene rings is 3. The van der Waals surface area contributed by atoms with Gasteiger partial charge in [-0.2, -0.15) is 0 Å². The van der Waals surface area contributed by atoms with Crippen LogP contribution in [0.3, 0.4) is 0 Å². The highest BCUT2D eigenvalue weighted by Gasteiger charge is 2.35. The van der Waals surface area contributed by atoms with Crippen LogP contribution in [-0.4, -0.2) is 26.9 Å². The van der Waals surface area contributed by atoms with Crippen LogP contribution in [0.5, 0.6) is 5.75 Å². The number of thioether (sulfide) groups is 1. The number of carbonyl (C=O) groups excluding carboxylic acids is 3. The molecule has 2 amide bonds. The van der Waals surface area contributed by atoms with E-state index in [1.807, 2.05) is 0 Å². The number of nitro benzene ring substituents is 1. The molecule has 1 aliphatic heterocycles. The number of ether oxygens (including phenoxy) is 1. The van der Waals surface area contributed by atoms with Crippen molar-refractivity contribution in [3.05, 3.63) is 110 Å². The number of esters is 1. The van der Waals surface area contributed by atoms with Gasteiger partial charge in [-0.25, -0.2) is 9.18 Å². The summed E-state index contributed by atoms with van der Waals surface area (Å²) in [7, 11) is 0. The lowest BCUT2D eigenvalue weighted by atomic mass is 10.1. The molecule has 8 nitrogen and oxygen atoms in total. The second-order valence-electron chi connectivity index (χ2n) is 7.13. The standard InChI is InChI=1S/C24H15FN2O6S/c25-20-7-2-1-5-17(20)14-26-22(28)21(34-24(26)30)13-15-4-3-6-19(12-15)33-23(29)16-8-10-18(11-9-16)27(31)32/h1-13H,14H2/b21-13-. The average molecular weight is 478 g/mol. The Kier molecular flexibility index (Phi) is 6.51. The summed E-state index contributed by atoms with van der Waals surface area (Å²) in [6, 6.07) is 17.2. The second kappa shape index (κ2) is 9.67. The predicted molar refractivity (Wildman–Crippen MR) is 122 cm³/mol. The second-order valence-corrected chi connectivity index (χ2v) is 8.12. The van der Waals surface area contributed by atoms with Crippen LogP contribution >= 0.6 is 11.8 Å². The number of hydrogen-bond acceptors (Lipinski definition) is 7. The van der Waals surface area contributed by atoms with Crippen molar-refractivity contribution < 1.29 is 28.4 Å². The number of hydrogen-bond donors (Lipinski definition) is 0. The molecule has 0 saturated carbocycles. The van der Waals surface area contributed by atoms with Crippen LogP contribution < -0.4 is 4.74 Å². The Hall–Kier alpha value is -4.31. The largest absolute Gasteiger partial charge is 0.423 e. The maximum atomic E-state index is 13.9. The third kappa shape index (κ3) is 5.02. The molecule has 0 atom stereocenters. The van der Waals surface area contributed by atoms with Gasteiger partial charge in [0.2, 0.25) is 0 Å². The Morgan fingerprint density at radius 1 is 1.06 bits per heavy atom. The maximum Gasteiger partial charge on any atom is 0.343 e. The van der Waals surface area contributed by atoms with Gasteiger partial charge in [0.1, 0.15) is 11.6 Å². The van der Waals surface area contributed by atoms with E-state index in [0.717, 1.165) is 16.7 Å². The molecular formula is C24H15FN2O6S. The number of non-ortho nitro benzene ring substituents is 1. The minimum Gasteiger partial charge on any atom is -0.423 e. The van der Waals surface area contributed by atoms with E-state index in [4.69, 9.17) is 4.74 Å². The van der Waals surface area contributed by atoms with Gasteiger partial charge in [0.05, 0.1) is 21.9 Å². The number of nitro groups is 1. The van der Waals surface area contributed by atoms with Gasteiger partial charge in [0.15, 0.2) is 0 Å². The highest BCUT2D eigenvalue weighted by Crippen LogP contribution is 2.34. The summed E-state index contributed by atoms with van der Waals surface area (Å²) in [5, 5.41) is 10.2. The molecule has 0 unspecified atom stereocenters. The van der Waals surface area contributed by atoms with Crippen LogP contribution in [0, 0.1) is 15.9 Å². The van der Waals surface area contributed by atoms with Gasteiger partial charge in [0.25, 0.3) is 16.8 Å². The fraction of sp³-hybridized carbons (Fsp3) is 0.0417. The first-order chi connectivity index (χ1) is 16.3. The Bertz CT molecular complexity index is 1340. The lowest BCUT2D eigenvalue weighted by Gasteiger charge is -2.12. The number of imide groups is 1. The van der Waals surface area contributed by atoms with Crippen molar-refractivity contribution in [2.45, 2.75) is 6.54 Å². The third-order valence-corrected chi connectivity index (χ3v) is 5.75. The van der Waals surface area contributed by atoms with Crippen LogP contribution in [0.1, 0.15) is 21.5 Å². The molecule has 0 bridgehead atoms. The third-order valence-electron chi connectivity index (χ3n) is 4.84. The molecule has 3 aromatic carbocycles. The van der Waals surface area contributed by atoms with Crippen molar-refractivity contribution in [1.29, 1.82) is 0 Å². The molecule has 0 N–H and O–H groups in total. The predicted octanol–water partition coefficient (Wildman–Crippen LogP) is 5.19. The van der Waals surface area contributed by atoms with Crippen LogP contribution in [-0.2, 0) is 11.3 Å². The molecule has 0 aliphatic carbocycles. The topological polar surface area (TPSA) is 107 Å². The average Bonchev–Trinajstić information content (AvgIpc) is 3.08. The van der Waals surface area contributed by atoms with E-state index in [-0.39, 0.29) is 34.0 Å². The van der Waals surface area contributed by atoms with Crippen molar-refractivity contribution in [2.24, 2.45) is 0 Å². The normalized spacial score (nSPS) is 14.5. The first-order valence-electron chi connectivity index (χ1n) is 9.87. The zero-order valence-electron chi connectivity index (χ0n) is 17.3. The molecule has 170 valence electrons. The van der Waals surface area contributed by atoms with E-state index in [0.29, 0.717) is 5.56 Å². The molecule has 0 radical (unpaired) electrons. The lowest BCUT2D eigenvalue weighted by molar-refractivity contribution is -0.384.